The molecule has 15 heavy (non-hydrogen) atoms. The molecule has 1 aromatic rings. The van der Waals surface area contributed by atoms with Crippen molar-refractivity contribution in [2.24, 2.45) is 5.92 Å². The summed E-state index contributed by atoms with van der Waals surface area (Å²) in [5.74, 6) is 0.825. The molecule has 0 spiro atoms. The summed E-state index contributed by atoms with van der Waals surface area (Å²) in [6.45, 7) is 7.87. The average molecular weight is 203 g/mol. The Morgan fingerprint density at radius 1 is 1.33 bits per heavy atom. The minimum absolute atomic E-state index is 0.593. The third-order valence-corrected chi connectivity index (χ3v) is 3.64. The predicted octanol–water partition coefficient (Wildman–Crippen LogP) is 3.36. The molecule has 1 fully saturated rings. The molecule has 82 valence electrons. The third kappa shape index (κ3) is 2.07. The van der Waals surface area contributed by atoms with Gasteiger partial charge in [0.2, 0.25) is 0 Å². The van der Waals surface area contributed by atoms with Gasteiger partial charge in [0.25, 0.3) is 0 Å². The molecule has 0 bridgehead atoms. The monoisotopic (exact) mass is 203 g/mol. The van der Waals surface area contributed by atoms with Crippen molar-refractivity contribution in [1.82, 2.24) is 5.32 Å². The SMILES string of the molecule is CC[C@@H]1CCN[C@@H]1c1ccc(C)cc1C. The molecule has 0 aliphatic carbocycles. The van der Waals surface area contributed by atoms with Gasteiger partial charge in [0, 0.05) is 6.04 Å². The Morgan fingerprint density at radius 2 is 2.13 bits per heavy atom. The van der Waals surface area contributed by atoms with E-state index in [2.05, 4.69) is 44.3 Å². The highest BCUT2D eigenvalue weighted by Crippen LogP contribution is 2.33. The summed E-state index contributed by atoms with van der Waals surface area (Å²) in [6, 6.07) is 7.42. The van der Waals surface area contributed by atoms with E-state index in [9.17, 15) is 0 Å². The van der Waals surface area contributed by atoms with Crippen LogP contribution in [-0.4, -0.2) is 6.54 Å². The van der Waals surface area contributed by atoms with Gasteiger partial charge < -0.3 is 5.32 Å². The van der Waals surface area contributed by atoms with E-state index in [0.717, 1.165) is 5.92 Å². The van der Waals surface area contributed by atoms with E-state index in [4.69, 9.17) is 0 Å². The Hall–Kier alpha value is -0.820. The zero-order valence-electron chi connectivity index (χ0n) is 10.0. The van der Waals surface area contributed by atoms with Crippen molar-refractivity contribution in [2.45, 2.75) is 39.7 Å². The number of nitrogens with one attached hydrogen (secondary N) is 1. The molecule has 1 heterocycles. The molecule has 2 atom stereocenters. The van der Waals surface area contributed by atoms with E-state index < -0.39 is 0 Å². The highest BCUT2D eigenvalue weighted by atomic mass is 15.0. The topological polar surface area (TPSA) is 12.0 Å². The van der Waals surface area contributed by atoms with Crippen LogP contribution >= 0.6 is 0 Å². The Bertz CT molecular complexity index is 343. The fraction of sp³-hybridized carbons (Fsp3) is 0.571. The zero-order valence-corrected chi connectivity index (χ0v) is 10.0. The van der Waals surface area contributed by atoms with E-state index in [-0.39, 0.29) is 0 Å². The molecule has 0 amide bonds. The quantitative estimate of drug-likeness (QED) is 0.777. The van der Waals surface area contributed by atoms with Gasteiger partial charge in [-0.2, -0.15) is 0 Å². The summed E-state index contributed by atoms with van der Waals surface area (Å²) in [5, 5.41) is 3.63. The van der Waals surface area contributed by atoms with Gasteiger partial charge in [-0.3, -0.25) is 0 Å². The third-order valence-electron chi connectivity index (χ3n) is 3.64. The van der Waals surface area contributed by atoms with Gasteiger partial charge in [0.15, 0.2) is 0 Å². The lowest BCUT2D eigenvalue weighted by Gasteiger charge is -2.20. The number of aryl methyl sites for hydroxylation is 2. The van der Waals surface area contributed by atoms with Crippen molar-refractivity contribution in [3.63, 3.8) is 0 Å². The fourth-order valence-electron chi connectivity index (χ4n) is 2.74. The molecule has 1 nitrogen and oxygen atoms in total. The van der Waals surface area contributed by atoms with Crippen molar-refractivity contribution < 1.29 is 0 Å². The van der Waals surface area contributed by atoms with Gasteiger partial charge in [-0.05, 0) is 43.9 Å². The van der Waals surface area contributed by atoms with E-state index in [1.807, 2.05) is 0 Å². The lowest BCUT2D eigenvalue weighted by atomic mass is 9.89. The molecular weight excluding hydrogens is 182 g/mol. The van der Waals surface area contributed by atoms with Crippen LogP contribution < -0.4 is 5.32 Å². The normalized spacial score (nSPS) is 25.8. The van der Waals surface area contributed by atoms with Gasteiger partial charge in [0.1, 0.15) is 0 Å². The Morgan fingerprint density at radius 3 is 2.80 bits per heavy atom. The molecule has 1 heteroatoms. The highest BCUT2D eigenvalue weighted by molar-refractivity contribution is 5.33. The molecule has 1 aromatic carbocycles. The zero-order chi connectivity index (χ0) is 10.8. The maximum atomic E-state index is 3.63. The number of hydrogen-bond acceptors (Lipinski definition) is 1. The molecule has 0 unspecified atom stereocenters. The smallest absolute Gasteiger partial charge is 0.0351 e. The van der Waals surface area contributed by atoms with E-state index >= 15 is 0 Å². The maximum absolute atomic E-state index is 3.63. The number of rotatable bonds is 2. The van der Waals surface area contributed by atoms with Gasteiger partial charge in [0.05, 0.1) is 0 Å². The first-order valence-electron chi connectivity index (χ1n) is 6.03. The van der Waals surface area contributed by atoms with E-state index in [0.29, 0.717) is 6.04 Å². The fourth-order valence-corrected chi connectivity index (χ4v) is 2.74. The van der Waals surface area contributed by atoms with Crippen LogP contribution in [-0.2, 0) is 0 Å². The van der Waals surface area contributed by atoms with Gasteiger partial charge in [-0.1, -0.05) is 37.1 Å². The lowest BCUT2D eigenvalue weighted by molar-refractivity contribution is 0.448. The minimum Gasteiger partial charge on any atom is -0.310 e. The van der Waals surface area contributed by atoms with Crippen molar-refractivity contribution in [3.05, 3.63) is 34.9 Å². The van der Waals surface area contributed by atoms with Crippen LogP contribution in [0.4, 0.5) is 0 Å². The number of benzene rings is 1. The maximum Gasteiger partial charge on any atom is 0.0351 e. The number of hydrogen-bond donors (Lipinski definition) is 1. The molecule has 2 rings (SSSR count). The highest BCUT2D eigenvalue weighted by Gasteiger charge is 2.27. The van der Waals surface area contributed by atoms with Crippen LogP contribution in [0, 0.1) is 19.8 Å². The first-order valence-corrected chi connectivity index (χ1v) is 6.03. The molecule has 1 saturated heterocycles. The van der Waals surface area contributed by atoms with E-state index in [1.54, 1.807) is 0 Å². The average Bonchev–Trinajstić information content (AvgIpc) is 2.65. The van der Waals surface area contributed by atoms with Crippen molar-refractivity contribution in [1.29, 1.82) is 0 Å². The molecule has 0 saturated carbocycles. The standard InChI is InChI=1S/C14H21N/c1-4-12-7-8-15-14(12)13-6-5-10(2)9-11(13)3/h5-6,9,12,14-15H,4,7-8H2,1-3H3/t12-,14+/m1/s1. The Labute approximate surface area is 92.9 Å². The Balaban J connectivity index is 2.28. The molecule has 0 aromatic heterocycles. The van der Waals surface area contributed by atoms with Crippen LogP contribution in [0.1, 0.15) is 42.5 Å². The van der Waals surface area contributed by atoms with Crippen molar-refractivity contribution in [3.8, 4) is 0 Å². The van der Waals surface area contributed by atoms with Crippen LogP contribution in [0.15, 0.2) is 18.2 Å². The summed E-state index contributed by atoms with van der Waals surface area (Å²) in [7, 11) is 0. The van der Waals surface area contributed by atoms with Crippen LogP contribution in [0.3, 0.4) is 0 Å². The van der Waals surface area contributed by atoms with Crippen LogP contribution in [0.2, 0.25) is 0 Å². The second-order valence-corrected chi connectivity index (χ2v) is 4.75. The summed E-state index contributed by atoms with van der Waals surface area (Å²) in [6.07, 6.45) is 2.61. The largest absolute Gasteiger partial charge is 0.310 e. The molecule has 1 N–H and O–H groups in total. The van der Waals surface area contributed by atoms with Gasteiger partial charge >= 0.3 is 0 Å². The second kappa shape index (κ2) is 4.36. The lowest BCUT2D eigenvalue weighted by Crippen LogP contribution is -2.18. The summed E-state index contributed by atoms with van der Waals surface area (Å²) >= 11 is 0. The first-order chi connectivity index (χ1) is 7.22. The minimum atomic E-state index is 0.593. The van der Waals surface area contributed by atoms with Crippen molar-refractivity contribution in [2.75, 3.05) is 6.54 Å². The van der Waals surface area contributed by atoms with Gasteiger partial charge in [-0.25, -0.2) is 0 Å². The van der Waals surface area contributed by atoms with E-state index in [1.165, 1.54) is 36.1 Å². The predicted molar refractivity (Wildman–Crippen MR) is 65.1 cm³/mol. The van der Waals surface area contributed by atoms with Crippen LogP contribution in [0.25, 0.3) is 0 Å². The van der Waals surface area contributed by atoms with Crippen molar-refractivity contribution >= 4 is 0 Å². The Kier molecular flexibility index (Phi) is 3.11. The molecule has 0 radical (unpaired) electrons. The summed E-state index contributed by atoms with van der Waals surface area (Å²) in [5.41, 5.74) is 4.31. The summed E-state index contributed by atoms with van der Waals surface area (Å²) < 4.78 is 0. The molecule has 1 aliphatic rings. The summed E-state index contributed by atoms with van der Waals surface area (Å²) in [4.78, 5) is 0. The van der Waals surface area contributed by atoms with Crippen LogP contribution in [0.5, 0.6) is 0 Å². The second-order valence-electron chi connectivity index (χ2n) is 4.75. The van der Waals surface area contributed by atoms with Gasteiger partial charge in [-0.15, -0.1) is 0 Å². The molecular formula is C14H21N. The first kappa shape index (κ1) is 10.7. The molecule has 1 aliphatic heterocycles.